The summed E-state index contributed by atoms with van der Waals surface area (Å²) in [6, 6.07) is 14.1. The number of amides is 2. The van der Waals surface area contributed by atoms with E-state index in [0.29, 0.717) is 25.4 Å². The summed E-state index contributed by atoms with van der Waals surface area (Å²) in [5, 5.41) is 2.25. The van der Waals surface area contributed by atoms with E-state index in [1.54, 1.807) is 0 Å². The van der Waals surface area contributed by atoms with Gasteiger partial charge in [0.1, 0.15) is 0 Å². The molecule has 2 amide bonds. The van der Waals surface area contributed by atoms with Crippen LogP contribution in [0.15, 0.2) is 42.5 Å². The molecule has 0 aliphatic carbocycles. The second-order valence-electron chi connectivity index (χ2n) is 8.29. The van der Waals surface area contributed by atoms with Crippen LogP contribution in [0.2, 0.25) is 0 Å². The molecular weight excluding hydrogens is 368 g/mol. The van der Waals surface area contributed by atoms with Crippen molar-refractivity contribution in [2.75, 3.05) is 25.4 Å². The highest BCUT2D eigenvalue weighted by Crippen LogP contribution is 2.44. The first-order valence-corrected chi connectivity index (χ1v) is 11.2. The summed E-state index contributed by atoms with van der Waals surface area (Å²) in [5.74, 6) is 1.75. The first kappa shape index (κ1) is 19.3. The van der Waals surface area contributed by atoms with Crippen molar-refractivity contribution in [1.29, 1.82) is 0 Å². The highest BCUT2D eigenvalue weighted by atomic mass is 32.2. The second-order valence-corrected chi connectivity index (χ2v) is 9.75. The Balaban J connectivity index is 1.45. The number of piperidine rings is 1. The average molecular weight is 397 g/mol. The van der Waals surface area contributed by atoms with E-state index in [1.165, 1.54) is 0 Å². The van der Waals surface area contributed by atoms with Crippen LogP contribution in [0.3, 0.4) is 0 Å². The molecule has 148 valence electrons. The SMILES string of the molecule is CC(C)CC(=O)N1CCSC12CCN(C(=O)c1ccc3ccccc3c1)CC2. The van der Waals surface area contributed by atoms with E-state index in [0.717, 1.165) is 41.5 Å². The fourth-order valence-corrected chi connectivity index (χ4v) is 5.87. The van der Waals surface area contributed by atoms with Crippen LogP contribution >= 0.6 is 11.8 Å². The lowest BCUT2D eigenvalue weighted by Crippen LogP contribution is -2.53. The molecule has 0 aromatic heterocycles. The topological polar surface area (TPSA) is 40.6 Å². The zero-order chi connectivity index (χ0) is 19.7. The van der Waals surface area contributed by atoms with Crippen molar-refractivity contribution < 1.29 is 9.59 Å². The molecule has 0 atom stereocenters. The standard InChI is InChI=1S/C23H28N2O2S/c1-17(2)15-21(26)25-13-14-28-23(25)9-11-24(12-10-23)22(27)20-8-7-18-5-3-4-6-19(18)16-20/h3-8,16-17H,9-15H2,1-2H3. The molecular formula is C23H28N2O2S. The number of nitrogens with zero attached hydrogens (tertiary/aromatic N) is 2. The Labute approximate surface area is 171 Å². The predicted molar refractivity (Wildman–Crippen MR) is 115 cm³/mol. The quantitative estimate of drug-likeness (QED) is 0.772. The summed E-state index contributed by atoms with van der Waals surface area (Å²) < 4.78 is 0. The van der Waals surface area contributed by atoms with Crippen LogP contribution in [0.1, 0.15) is 43.5 Å². The molecule has 2 fully saturated rings. The molecule has 2 aromatic rings. The van der Waals surface area contributed by atoms with Crippen LogP contribution in [0.4, 0.5) is 0 Å². The zero-order valence-corrected chi connectivity index (χ0v) is 17.5. The van der Waals surface area contributed by atoms with Gasteiger partial charge in [0.05, 0.1) is 4.87 Å². The lowest BCUT2D eigenvalue weighted by atomic mass is 9.99. The van der Waals surface area contributed by atoms with Gasteiger partial charge in [0.15, 0.2) is 0 Å². The largest absolute Gasteiger partial charge is 0.338 e. The van der Waals surface area contributed by atoms with E-state index >= 15 is 0 Å². The van der Waals surface area contributed by atoms with Crippen molar-refractivity contribution in [2.45, 2.75) is 38.0 Å². The smallest absolute Gasteiger partial charge is 0.253 e. The Morgan fingerprint density at radius 3 is 2.46 bits per heavy atom. The lowest BCUT2D eigenvalue weighted by molar-refractivity contribution is -0.135. The highest BCUT2D eigenvalue weighted by Gasteiger charge is 2.46. The minimum atomic E-state index is -0.105. The third-order valence-electron chi connectivity index (χ3n) is 5.89. The Morgan fingerprint density at radius 1 is 1.04 bits per heavy atom. The van der Waals surface area contributed by atoms with Gasteiger partial charge in [0.2, 0.25) is 5.91 Å². The Morgan fingerprint density at radius 2 is 1.75 bits per heavy atom. The molecule has 28 heavy (non-hydrogen) atoms. The molecule has 0 N–H and O–H groups in total. The molecule has 1 spiro atoms. The molecule has 2 aromatic carbocycles. The summed E-state index contributed by atoms with van der Waals surface area (Å²) in [4.78, 5) is 29.7. The van der Waals surface area contributed by atoms with Crippen molar-refractivity contribution in [3.8, 4) is 0 Å². The Kier molecular flexibility index (Phi) is 5.37. The van der Waals surface area contributed by atoms with Crippen LogP contribution in [0, 0.1) is 5.92 Å². The fraction of sp³-hybridized carbons (Fsp3) is 0.478. The van der Waals surface area contributed by atoms with Crippen molar-refractivity contribution in [3.05, 3.63) is 48.0 Å². The molecule has 4 rings (SSSR count). The van der Waals surface area contributed by atoms with E-state index in [1.807, 2.05) is 53.1 Å². The number of hydrogen-bond donors (Lipinski definition) is 0. The van der Waals surface area contributed by atoms with E-state index in [9.17, 15) is 9.59 Å². The van der Waals surface area contributed by atoms with Gasteiger partial charge >= 0.3 is 0 Å². The number of carbonyl (C=O) groups is 2. The van der Waals surface area contributed by atoms with Gasteiger partial charge in [-0.2, -0.15) is 0 Å². The van der Waals surface area contributed by atoms with E-state index in [2.05, 4.69) is 24.8 Å². The molecule has 0 radical (unpaired) electrons. The number of benzene rings is 2. The van der Waals surface area contributed by atoms with Crippen LogP contribution in [0.5, 0.6) is 0 Å². The van der Waals surface area contributed by atoms with Crippen molar-refractivity contribution in [2.24, 2.45) is 5.92 Å². The maximum Gasteiger partial charge on any atom is 0.253 e. The van der Waals surface area contributed by atoms with Gasteiger partial charge in [0, 0.05) is 37.4 Å². The van der Waals surface area contributed by atoms with E-state index in [-0.39, 0.29) is 16.7 Å². The first-order valence-electron chi connectivity index (χ1n) is 10.2. The minimum Gasteiger partial charge on any atom is -0.338 e. The number of rotatable bonds is 3. The molecule has 2 aliphatic rings. The van der Waals surface area contributed by atoms with Crippen LogP contribution in [-0.2, 0) is 4.79 Å². The third kappa shape index (κ3) is 3.64. The average Bonchev–Trinajstić information content (AvgIpc) is 3.10. The molecule has 0 saturated carbocycles. The summed E-state index contributed by atoms with van der Waals surface area (Å²) in [6.07, 6.45) is 2.34. The number of hydrogen-bond acceptors (Lipinski definition) is 3. The Bertz CT molecular complexity index is 887. The summed E-state index contributed by atoms with van der Waals surface area (Å²) in [7, 11) is 0. The van der Waals surface area contributed by atoms with Crippen molar-refractivity contribution in [3.63, 3.8) is 0 Å². The maximum absolute atomic E-state index is 13.0. The van der Waals surface area contributed by atoms with Gasteiger partial charge in [-0.1, -0.05) is 44.2 Å². The molecule has 5 heteroatoms. The highest BCUT2D eigenvalue weighted by molar-refractivity contribution is 8.00. The first-order chi connectivity index (χ1) is 13.5. The van der Waals surface area contributed by atoms with Gasteiger partial charge in [-0.05, 0) is 41.7 Å². The minimum absolute atomic E-state index is 0.101. The summed E-state index contributed by atoms with van der Waals surface area (Å²) in [6.45, 7) is 6.46. The molecule has 4 nitrogen and oxygen atoms in total. The van der Waals surface area contributed by atoms with Gasteiger partial charge < -0.3 is 9.80 Å². The lowest BCUT2D eigenvalue weighted by Gasteiger charge is -2.44. The zero-order valence-electron chi connectivity index (χ0n) is 16.7. The number of thioether (sulfide) groups is 1. The van der Waals surface area contributed by atoms with Crippen LogP contribution in [0.25, 0.3) is 10.8 Å². The molecule has 2 heterocycles. The number of likely N-dealkylation sites (tertiary alicyclic amines) is 1. The molecule has 0 unspecified atom stereocenters. The molecule has 0 bridgehead atoms. The number of fused-ring (bicyclic) bond motifs is 1. The second kappa shape index (κ2) is 7.78. The fourth-order valence-electron chi connectivity index (χ4n) is 4.40. The summed E-state index contributed by atoms with van der Waals surface area (Å²) >= 11 is 1.91. The van der Waals surface area contributed by atoms with Crippen LogP contribution in [-0.4, -0.2) is 51.9 Å². The summed E-state index contributed by atoms with van der Waals surface area (Å²) in [5.41, 5.74) is 0.751. The number of carbonyl (C=O) groups excluding carboxylic acids is 2. The monoisotopic (exact) mass is 396 g/mol. The van der Waals surface area contributed by atoms with E-state index < -0.39 is 0 Å². The molecule has 2 aliphatic heterocycles. The van der Waals surface area contributed by atoms with Crippen molar-refractivity contribution >= 4 is 34.3 Å². The van der Waals surface area contributed by atoms with E-state index in [4.69, 9.17) is 0 Å². The third-order valence-corrected chi connectivity index (χ3v) is 7.44. The van der Waals surface area contributed by atoms with Crippen LogP contribution < -0.4 is 0 Å². The molecule has 2 saturated heterocycles. The predicted octanol–water partition coefficient (Wildman–Crippen LogP) is 4.39. The van der Waals surface area contributed by atoms with Gasteiger partial charge in [-0.15, -0.1) is 11.8 Å². The maximum atomic E-state index is 13.0. The van der Waals surface area contributed by atoms with Gasteiger partial charge in [-0.25, -0.2) is 0 Å². The van der Waals surface area contributed by atoms with Gasteiger partial charge in [-0.3, -0.25) is 9.59 Å². The van der Waals surface area contributed by atoms with Gasteiger partial charge in [0.25, 0.3) is 5.91 Å². The van der Waals surface area contributed by atoms with Crippen molar-refractivity contribution in [1.82, 2.24) is 9.80 Å². The Hall–Kier alpha value is -2.01. The normalized spacial score (nSPS) is 19.0.